The van der Waals surface area contributed by atoms with Gasteiger partial charge in [0.05, 0.1) is 0 Å². The number of benzene rings is 1. The molecular formula is C11H18N2S. The van der Waals surface area contributed by atoms with E-state index in [0.717, 1.165) is 0 Å². The van der Waals surface area contributed by atoms with E-state index in [1.807, 2.05) is 0 Å². The maximum absolute atomic E-state index is 4.62. The third-order valence-electron chi connectivity index (χ3n) is 1.81. The van der Waals surface area contributed by atoms with Crippen LogP contribution >= 0.6 is 12.2 Å². The van der Waals surface area contributed by atoms with E-state index in [9.17, 15) is 0 Å². The summed E-state index contributed by atoms with van der Waals surface area (Å²) in [4.78, 5) is 0. The van der Waals surface area contributed by atoms with Crippen LogP contribution in [0.5, 0.6) is 0 Å². The minimum atomic E-state index is 0.000000000000000222. The molecule has 14 heavy (non-hydrogen) atoms. The molecule has 0 unspecified atom stereocenters. The lowest BCUT2D eigenvalue weighted by atomic mass is 9.99. The SMILES string of the molecule is Cc1ccccc1C(C)C.NC(N)=S. The summed E-state index contributed by atoms with van der Waals surface area (Å²) in [5.74, 6) is 0.654. The molecule has 0 heterocycles. The van der Waals surface area contributed by atoms with Crippen molar-refractivity contribution in [2.45, 2.75) is 26.7 Å². The van der Waals surface area contributed by atoms with Gasteiger partial charge in [-0.1, -0.05) is 38.1 Å². The maximum Gasteiger partial charge on any atom is 0.160 e. The fraction of sp³-hybridized carbons (Fsp3) is 0.364. The highest BCUT2D eigenvalue weighted by Gasteiger charge is 1.99. The Morgan fingerprint density at radius 3 is 1.93 bits per heavy atom. The molecule has 4 N–H and O–H groups in total. The van der Waals surface area contributed by atoms with Gasteiger partial charge >= 0.3 is 0 Å². The third-order valence-corrected chi connectivity index (χ3v) is 1.81. The van der Waals surface area contributed by atoms with Crippen molar-refractivity contribution >= 4 is 17.3 Å². The average Bonchev–Trinajstić information content (AvgIpc) is 2.03. The van der Waals surface area contributed by atoms with E-state index in [1.54, 1.807) is 0 Å². The molecule has 0 amide bonds. The van der Waals surface area contributed by atoms with Crippen LogP contribution in [0.1, 0.15) is 30.9 Å². The summed E-state index contributed by atoms with van der Waals surface area (Å²) in [6.07, 6.45) is 0. The quantitative estimate of drug-likeness (QED) is 0.699. The molecule has 78 valence electrons. The van der Waals surface area contributed by atoms with Crippen LogP contribution in [0.2, 0.25) is 0 Å². The van der Waals surface area contributed by atoms with E-state index in [-0.39, 0.29) is 5.11 Å². The highest BCUT2D eigenvalue weighted by molar-refractivity contribution is 7.80. The van der Waals surface area contributed by atoms with Crippen LogP contribution in [0.4, 0.5) is 0 Å². The molecule has 1 rings (SSSR count). The second-order valence-corrected chi connectivity index (χ2v) is 3.89. The number of aryl methyl sites for hydroxylation is 1. The first-order valence-corrected chi connectivity index (χ1v) is 4.96. The molecule has 0 aliphatic carbocycles. The number of rotatable bonds is 1. The third kappa shape index (κ3) is 5.54. The summed E-state index contributed by atoms with van der Waals surface area (Å²) in [5.41, 5.74) is 12.1. The predicted molar refractivity (Wildman–Crippen MR) is 66.2 cm³/mol. The molecule has 0 saturated carbocycles. The predicted octanol–water partition coefficient (Wildman–Crippen LogP) is 2.31. The lowest BCUT2D eigenvalue weighted by Gasteiger charge is -2.07. The van der Waals surface area contributed by atoms with Crippen molar-refractivity contribution in [2.24, 2.45) is 11.5 Å². The van der Waals surface area contributed by atoms with Gasteiger partial charge in [0, 0.05) is 0 Å². The molecule has 0 aliphatic rings. The Kier molecular flexibility index (Phi) is 5.88. The smallest absolute Gasteiger partial charge is 0.160 e. The lowest BCUT2D eigenvalue weighted by molar-refractivity contribution is 0.856. The fourth-order valence-electron chi connectivity index (χ4n) is 1.23. The molecule has 0 saturated heterocycles. The molecule has 0 aromatic heterocycles. The van der Waals surface area contributed by atoms with Gasteiger partial charge in [0.1, 0.15) is 0 Å². The highest BCUT2D eigenvalue weighted by atomic mass is 32.1. The molecule has 0 aliphatic heterocycles. The molecule has 0 fully saturated rings. The molecular weight excluding hydrogens is 192 g/mol. The number of thiocarbonyl (C=S) groups is 1. The Labute approximate surface area is 91.3 Å². The van der Waals surface area contributed by atoms with Gasteiger partial charge in [-0.3, -0.25) is 0 Å². The van der Waals surface area contributed by atoms with Gasteiger partial charge in [-0.2, -0.15) is 0 Å². The van der Waals surface area contributed by atoms with Gasteiger partial charge in [-0.15, -0.1) is 0 Å². The van der Waals surface area contributed by atoms with Crippen molar-refractivity contribution in [2.75, 3.05) is 0 Å². The van der Waals surface area contributed by atoms with Crippen molar-refractivity contribution in [3.63, 3.8) is 0 Å². The Balaban J connectivity index is 0.000000364. The van der Waals surface area contributed by atoms with E-state index in [2.05, 4.69) is 68.7 Å². The minimum Gasteiger partial charge on any atom is -0.377 e. The van der Waals surface area contributed by atoms with Gasteiger partial charge in [0.25, 0.3) is 0 Å². The zero-order chi connectivity index (χ0) is 11.1. The summed E-state index contributed by atoms with van der Waals surface area (Å²) >= 11 is 4.09. The molecule has 2 nitrogen and oxygen atoms in total. The lowest BCUT2D eigenvalue weighted by Crippen LogP contribution is -2.18. The summed E-state index contributed by atoms with van der Waals surface area (Å²) < 4.78 is 0. The molecule has 0 spiro atoms. The van der Waals surface area contributed by atoms with Crippen LogP contribution in [0.25, 0.3) is 0 Å². The number of nitrogens with two attached hydrogens (primary N) is 2. The van der Waals surface area contributed by atoms with Crippen LogP contribution in [0.15, 0.2) is 24.3 Å². The van der Waals surface area contributed by atoms with Crippen molar-refractivity contribution in [3.8, 4) is 0 Å². The molecule has 1 aromatic rings. The van der Waals surface area contributed by atoms with Crippen molar-refractivity contribution in [3.05, 3.63) is 35.4 Å². The Morgan fingerprint density at radius 1 is 1.21 bits per heavy atom. The average molecular weight is 210 g/mol. The molecule has 3 heteroatoms. The highest BCUT2D eigenvalue weighted by Crippen LogP contribution is 2.17. The molecule has 0 radical (unpaired) electrons. The second-order valence-electron chi connectivity index (χ2n) is 3.41. The maximum atomic E-state index is 4.62. The van der Waals surface area contributed by atoms with E-state index in [4.69, 9.17) is 0 Å². The zero-order valence-electron chi connectivity index (χ0n) is 8.95. The van der Waals surface area contributed by atoms with Crippen LogP contribution in [0.3, 0.4) is 0 Å². The first-order chi connectivity index (χ1) is 6.45. The number of hydrogen-bond donors (Lipinski definition) is 2. The summed E-state index contributed by atoms with van der Waals surface area (Å²) in [6, 6.07) is 8.54. The van der Waals surface area contributed by atoms with E-state index in [0.29, 0.717) is 5.92 Å². The second kappa shape index (κ2) is 6.38. The van der Waals surface area contributed by atoms with Gasteiger partial charge in [0.2, 0.25) is 0 Å². The van der Waals surface area contributed by atoms with E-state index in [1.165, 1.54) is 11.1 Å². The Morgan fingerprint density at radius 2 is 1.64 bits per heavy atom. The van der Waals surface area contributed by atoms with E-state index >= 15 is 0 Å². The minimum absolute atomic E-state index is 0.000000000000000222. The Hall–Kier alpha value is -1.09. The number of hydrogen-bond acceptors (Lipinski definition) is 1. The first kappa shape index (κ1) is 12.9. The van der Waals surface area contributed by atoms with Crippen molar-refractivity contribution < 1.29 is 0 Å². The normalized spacial score (nSPS) is 9.14. The monoisotopic (exact) mass is 210 g/mol. The zero-order valence-corrected chi connectivity index (χ0v) is 9.77. The van der Waals surface area contributed by atoms with Crippen molar-refractivity contribution in [1.29, 1.82) is 0 Å². The molecule has 0 bridgehead atoms. The van der Waals surface area contributed by atoms with Gasteiger partial charge < -0.3 is 11.5 Å². The van der Waals surface area contributed by atoms with Gasteiger partial charge in [-0.05, 0) is 36.2 Å². The Bertz CT molecular complexity index is 291. The standard InChI is InChI=1S/C10H14.CH4N2S/c1-8(2)10-7-5-4-6-9(10)3;2-1(3)4/h4-8H,1-3H3;(H4,2,3,4). The van der Waals surface area contributed by atoms with Crippen LogP contribution in [-0.2, 0) is 0 Å². The van der Waals surface area contributed by atoms with Gasteiger partial charge in [-0.25, -0.2) is 0 Å². The largest absolute Gasteiger partial charge is 0.377 e. The topological polar surface area (TPSA) is 52.0 Å². The molecule has 0 atom stereocenters. The van der Waals surface area contributed by atoms with Crippen LogP contribution in [0, 0.1) is 6.92 Å². The summed E-state index contributed by atoms with van der Waals surface area (Å²) in [6.45, 7) is 6.61. The summed E-state index contributed by atoms with van der Waals surface area (Å²) in [5, 5.41) is 0.000000000000000222. The first-order valence-electron chi connectivity index (χ1n) is 4.55. The van der Waals surface area contributed by atoms with Crippen molar-refractivity contribution in [1.82, 2.24) is 0 Å². The van der Waals surface area contributed by atoms with Gasteiger partial charge in [0.15, 0.2) is 5.11 Å². The van der Waals surface area contributed by atoms with Crippen LogP contribution in [-0.4, -0.2) is 5.11 Å². The van der Waals surface area contributed by atoms with Crippen LogP contribution < -0.4 is 11.5 Å². The fourth-order valence-corrected chi connectivity index (χ4v) is 1.23. The van der Waals surface area contributed by atoms with E-state index < -0.39 is 0 Å². The summed E-state index contributed by atoms with van der Waals surface area (Å²) in [7, 11) is 0. The molecule has 1 aromatic carbocycles.